The monoisotopic (exact) mass is 268 g/mol. The molecule has 1 atom stereocenters. The molecular formula is C9H7Cl3O3. The molecule has 0 spiro atoms. The zero-order valence-corrected chi connectivity index (χ0v) is 9.90. The van der Waals surface area contributed by atoms with Gasteiger partial charge in [0, 0.05) is 0 Å². The van der Waals surface area contributed by atoms with E-state index in [1.165, 1.54) is 19.1 Å². The third kappa shape index (κ3) is 2.91. The van der Waals surface area contributed by atoms with E-state index in [9.17, 15) is 4.79 Å². The standard InChI is InChI=1S/C9H7Cl3O3/c1-4(9(13)14)15-6-3-2-5(10)7(11)8(6)12/h2-4H,1H3,(H,13,14). The maximum Gasteiger partial charge on any atom is 0.344 e. The van der Waals surface area contributed by atoms with Gasteiger partial charge in [-0.3, -0.25) is 0 Å². The van der Waals surface area contributed by atoms with E-state index in [1.807, 2.05) is 0 Å². The lowest BCUT2D eigenvalue weighted by Crippen LogP contribution is -2.23. The Labute approximate surface area is 102 Å². The minimum atomic E-state index is -1.09. The number of aliphatic carboxylic acids is 1. The summed E-state index contributed by atoms with van der Waals surface area (Å²) in [6.07, 6.45) is -1.00. The van der Waals surface area contributed by atoms with E-state index in [-0.39, 0.29) is 20.8 Å². The third-order valence-corrected chi connectivity index (χ3v) is 2.93. The molecule has 0 fully saturated rings. The smallest absolute Gasteiger partial charge is 0.344 e. The van der Waals surface area contributed by atoms with Crippen LogP contribution in [-0.4, -0.2) is 17.2 Å². The topological polar surface area (TPSA) is 46.5 Å². The second-order valence-corrected chi connectivity index (χ2v) is 3.93. The molecule has 1 N–H and O–H groups in total. The van der Waals surface area contributed by atoms with Crippen molar-refractivity contribution in [3.8, 4) is 5.75 Å². The van der Waals surface area contributed by atoms with E-state index < -0.39 is 12.1 Å². The van der Waals surface area contributed by atoms with Crippen LogP contribution in [0, 0.1) is 0 Å². The highest BCUT2D eigenvalue weighted by Gasteiger charge is 2.16. The SMILES string of the molecule is CC(Oc1ccc(Cl)c(Cl)c1Cl)C(=O)O. The van der Waals surface area contributed by atoms with Crippen molar-refractivity contribution in [3.63, 3.8) is 0 Å². The highest BCUT2D eigenvalue weighted by atomic mass is 35.5. The Bertz CT molecular complexity index is 392. The third-order valence-electron chi connectivity index (χ3n) is 1.65. The van der Waals surface area contributed by atoms with Crippen LogP contribution >= 0.6 is 34.8 Å². The van der Waals surface area contributed by atoms with Crippen molar-refractivity contribution < 1.29 is 14.6 Å². The van der Waals surface area contributed by atoms with Crippen molar-refractivity contribution in [1.82, 2.24) is 0 Å². The first kappa shape index (κ1) is 12.4. The summed E-state index contributed by atoms with van der Waals surface area (Å²) in [6, 6.07) is 2.95. The molecular weight excluding hydrogens is 262 g/mol. The second-order valence-electron chi connectivity index (χ2n) is 2.77. The van der Waals surface area contributed by atoms with Crippen LogP contribution in [0.2, 0.25) is 15.1 Å². The zero-order valence-electron chi connectivity index (χ0n) is 7.63. The first-order valence-corrected chi connectivity index (χ1v) is 5.10. The normalized spacial score (nSPS) is 12.3. The van der Waals surface area contributed by atoms with E-state index in [0.717, 1.165) is 0 Å². The molecule has 3 nitrogen and oxygen atoms in total. The maximum absolute atomic E-state index is 10.5. The molecule has 6 heteroatoms. The van der Waals surface area contributed by atoms with Crippen molar-refractivity contribution in [2.45, 2.75) is 13.0 Å². The molecule has 0 saturated carbocycles. The summed E-state index contributed by atoms with van der Waals surface area (Å²) < 4.78 is 5.07. The quantitative estimate of drug-likeness (QED) is 0.854. The molecule has 1 unspecified atom stereocenters. The fourth-order valence-corrected chi connectivity index (χ4v) is 1.41. The van der Waals surface area contributed by atoms with Gasteiger partial charge in [0.15, 0.2) is 6.10 Å². The summed E-state index contributed by atoms with van der Waals surface area (Å²) in [7, 11) is 0. The van der Waals surface area contributed by atoms with Gasteiger partial charge in [0.2, 0.25) is 0 Å². The van der Waals surface area contributed by atoms with Crippen LogP contribution in [0.4, 0.5) is 0 Å². The Morgan fingerprint density at radius 2 is 1.93 bits per heavy atom. The lowest BCUT2D eigenvalue weighted by atomic mass is 10.3. The number of rotatable bonds is 3. The molecule has 0 bridgehead atoms. The maximum atomic E-state index is 10.5. The van der Waals surface area contributed by atoms with Crippen LogP contribution in [0.3, 0.4) is 0 Å². The number of ether oxygens (including phenoxy) is 1. The minimum absolute atomic E-state index is 0.109. The highest BCUT2D eigenvalue weighted by molar-refractivity contribution is 6.48. The molecule has 0 aliphatic carbocycles. The van der Waals surface area contributed by atoms with Gasteiger partial charge in [0.05, 0.1) is 10.0 Å². The van der Waals surface area contributed by atoms with E-state index in [0.29, 0.717) is 0 Å². The van der Waals surface area contributed by atoms with Gasteiger partial charge >= 0.3 is 5.97 Å². The lowest BCUT2D eigenvalue weighted by molar-refractivity contribution is -0.144. The van der Waals surface area contributed by atoms with Crippen molar-refractivity contribution >= 4 is 40.8 Å². The number of carboxylic acid groups (broad SMARTS) is 1. The first-order chi connectivity index (χ1) is 6.93. The Hall–Kier alpha value is -0.640. The molecule has 0 radical (unpaired) electrons. The Balaban J connectivity index is 2.97. The molecule has 1 rings (SSSR count). The average molecular weight is 270 g/mol. The van der Waals surface area contributed by atoms with Crippen LogP contribution in [0.15, 0.2) is 12.1 Å². The Kier molecular flexibility index (Phi) is 4.08. The van der Waals surface area contributed by atoms with E-state index in [2.05, 4.69) is 0 Å². The highest BCUT2D eigenvalue weighted by Crippen LogP contribution is 2.37. The van der Waals surface area contributed by atoms with Crippen LogP contribution in [-0.2, 0) is 4.79 Å². The van der Waals surface area contributed by atoms with E-state index >= 15 is 0 Å². The molecule has 15 heavy (non-hydrogen) atoms. The molecule has 0 aromatic heterocycles. The number of hydrogen-bond acceptors (Lipinski definition) is 2. The first-order valence-electron chi connectivity index (χ1n) is 3.96. The number of carbonyl (C=O) groups is 1. The van der Waals surface area contributed by atoms with Gasteiger partial charge in [-0.05, 0) is 19.1 Å². The fraction of sp³-hybridized carbons (Fsp3) is 0.222. The number of hydrogen-bond donors (Lipinski definition) is 1. The summed E-state index contributed by atoms with van der Waals surface area (Å²) >= 11 is 17.3. The van der Waals surface area contributed by atoms with Gasteiger partial charge in [0.1, 0.15) is 10.8 Å². The molecule has 0 heterocycles. The van der Waals surface area contributed by atoms with Crippen LogP contribution in [0.25, 0.3) is 0 Å². The van der Waals surface area contributed by atoms with E-state index in [4.69, 9.17) is 44.6 Å². The number of benzene rings is 1. The summed E-state index contributed by atoms with van der Waals surface area (Å²) in [5.41, 5.74) is 0. The van der Waals surface area contributed by atoms with Gasteiger partial charge in [-0.25, -0.2) is 4.79 Å². The predicted molar refractivity (Wildman–Crippen MR) is 59.2 cm³/mol. The molecule has 0 amide bonds. The largest absolute Gasteiger partial charge is 0.479 e. The zero-order chi connectivity index (χ0) is 11.6. The van der Waals surface area contributed by atoms with Gasteiger partial charge in [-0.2, -0.15) is 0 Å². The molecule has 82 valence electrons. The summed E-state index contributed by atoms with van der Waals surface area (Å²) in [4.78, 5) is 10.5. The Morgan fingerprint density at radius 1 is 1.33 bits per heavy atom. The summed E-state index contributed by atoms with van der Waals surface area (Å²) in [5, 5.41) is 9.18. The van der Waals surface area contributed by atoms with Crippen LogP contribution in [0.5, 0.6) is 5.75 Å². The predicted octanol–water partition coefficient (Wildman–Crippen LogP) is 3.50. The van der Waals surface area contributed by atoms with Crippen molar-refractivity contribution in [3.05, 3.63) is 27.2 Å². The summed E-state index contributed by atoms with van der Waals surface area (Å²) in [5.74, 6) is -0.891. The van der Waals surface area contributed by atoms with Crippen LogP contribution in [0.1, 0.15) is 6.92 Å². The average Bonchev–Trinajstić information content (AvgIpc) is 2.18. The van der Waals surface area contributed by atoms with Crippen LogP contribution < -0.4 is 4.74 Å². The second kappa shape index (κ2) is 4.92. The van der Waals surface area contributed by atoms with Gasteiger partial charge < -0.3 is 9.84 Å². The van der Waals surface area contributed by atoms with Gasteiger partial charge in [-0.1, -0.05) is 34.8 Å². The lowest BCUT2D eigenvalue weighted by Gasteiger charge is -2.12. The summed E-state index contributed by atoms with van der Waals surface area (Å²) in [6.45, 7) is 1.39. The number of carboxylic acids is 1. The minimum Gasteiger partial charge on any atom is -0.479 e. The Morgan fingerprint density at radius 3 is 2.47 bits per heavy atom. The van der Waals surface area contributed by atoms with Gasteiger partial charge in [-0.15, -0.1) is 0 Å². The van der Waals surface area contributed by atoms with Gasteiger partial charge in [0.25, 0.3) is 0 Å². The molecule has 0 aliphatic heterocycles. The number of halogens is 3. The molecule has 1 aromatic rings. The fourth-order valence-electron chi connectivity index (χ4n) is 0.840. The molecule has 0 saturated heterocycles. The van der Waals surface area contributed by atoms with E-state index in [1.54, 1.807) is 0 Å². The van der Waals surface area contributed by atoms with Crippen molar-refractivity contribution in [2.24, 2.45) is 0 Å². The van der Waals surface area contributed by atoms with Crippen molar-refractivity contribution in [1.29, 1.82) is 0 Å². The molecule has 0 aliphatic rings. The van der Waals surface area contributed by atoms with Crippen molar-refractivity contribution in [2.75, 3.05) is 0 Å². The molecule has 1 aromatic carbocycles.